The first kappa shape index (κ1) is 23.0. The number of rotatable bonds is 5. The van der Waals surface area contributed by atoms with Crippen LogP contribution in [-0.4, -0.2) is 70.5 Å². The Kier molecular flexibility index (Phi) is 6.10. The van der Waals surface area contributed by atoms with E-state index < -0.39 is 0 Å². The summed E-state index contributed by atoms with van der Waals surface area (Å²) in [6.07, 6.45) is 3.01. The number of aromatic nitrogens is 2. The molecule has 0 radical (unpaired) electrons. The number of benzene rings is 2. The highest BCUT2D eigenvalue weighted by Crippen LogP contribution is 2.36. The average molecular weight is 500 g/mol. The third kappa shape index (κ3) is 4.56. The molecule has 3 aromatic rings. The number of hydrogen-bond acceptors (Lipinski definition) is 8. The maximum atomic E-state index is 12.4. The molecule has 2 N–H and O–H groups in total. The van der Waals surface area contributed by atoms with Gasteiger partial charge in [-0.05, 0) is 62.4 Å². The average Bonchev–Trinajstić information content (AvgIpc) is 3.62. The Balaban J connectivity index is 1.14. The Hall–Kier alpha value is -3.43. The van der Waals surface area contributed by atoms with Gasteiger partial charge < -0.3 is 15.5 Å². The van der Waals surface area contributed by atoms with E-state index in [1.165, 1.54) is 17.7 Å². The van der Waals surface area contributed by atoms with Gasteiger partial charge in [-0.15, -0.1) is 0 Å². The van der Waals surface area contributed by atoms with Crippen LogP contribution in [0.15, 0.2) is 59.7 Å². The number of aliphatic imine (C=N–C) groups is 1. The van der Waals surface area contributed by atoms with E-state index >= 15 is 0 Å². The zero-order chi connectivity index (χ0) is 24.6. The Morgan fingerprint density at radius 1 is 1.08 bits per heavy atom. The molecule has 1 aromatic heterocycles. The number of nitrogens with zero attached hydrogens (tertiary/aromatic N) is 5. The molecule has 1 amide bonds. The maximum absolute atomic E-state index is 12.4. The Bertz CT molecular complexity index is 1320. The van der Waals surface area contributed by atoms with E-state index in [4.69, 9.17) is 4.98 Å². The van der Waals surface area contributed by atoms with Crippen molar-refractivity contribution in [2.24, 2.45) is 4.99 Å². The number of thioether (sulfide) groups is 1. The number of amides is 1. The number of amidine groups is 1. The van der Waals surface area contributed by atoms with Gasteiger partial charge in [0.2, 0.25) is 5.95 Å². The molecular weight excluding hydrogens is 470 g/mol. The van der Waals surface area contributed by atoms with E-state index in [-0.39, 0.29) is 5.91 Å². The largest absolute Gasteiger partial charge is 0.365 e. The maximum Gasteiger partial charge on any atom is 0.257 e. The van der Waals surface area contributed by atoms with E-state index in [2.05, 4.69) is 62.6 Å². The molecule has 8 nitrogen and oxygen atoms in total. The van der Waals surface area contributed by atoms with Crippen LogP contribution in [0.2, 0.25) is 0 Å². The number of carbonyl (C=O) groups is 1. The predicted octanol–water partition coefficient (Wildman–Crippen LogP) is 3.92. The number of aryl methyl sites for hydroxylation is 1. The predicted molar refractivity (Wildman–Crippen MR) is 146 cm³/mol. The molecule has 2 bridgehead atoms. The molecule has 184 valence electrons. The lowest BCUT2D eigenvalue weighted by Gasteiger charge is -2.34. The first-order valence-corrected chi connectivity index (χ1v) is 13.3. The highest BCUT2D eigenvalue weighted by atomic mass is 32.2. The van der Waals surface area contributed by atoms with Crippen LogP contribution in [0, 0.1) is 6.92 Å². The summed E-state index contributed by atoms with van der Waals surface area (Å²) in [5.74, 6) is 1.31. The molecule has 0 aliphatic carbocycles. The third-order valence-corrected chi connectivity index (χ3v) is 8.07. The highest BCUT2D eigenvalue weighted by molar-refractivity contribution is 8.14. The minimum Gasteiger partial charge on any atom is -0.365 e. The molecule has 0 spiro atoms. The van der Waals surface area contributed by atoms with Gasteiger partial charge in [-0.3, -0.25) is 14.7 Å². The molecule has 2 atom stereocenters. The van der Waals surface area contributed by atoms with E-state index in [0.717, 1.165) is 42.3 Å². The fraction of sp³-hybridized carbons (Fsp3) is 0.333. The van der Waals surface area contributed by atoms with Crippen molar-refractivity contribution in [3.63, 3.8) is 0 Å². The van der Waals surface area contributed by atoms with Crippen LogP contribution in [-0.2, 0) is 0 Å². The molecule has 3 aliphatic heterocycles. The number of likely N-dealkylation sites (N-methyl/N-ethyl adjacent to an activating group) is 1. The van der Waals surface area contributed by atoms with Crippen molar-refractivity contribution in [1.29, 1.82) is 0 Å². The van der Waals surface area contributed by atoms with E-state index in [9.17, 15) is 4.79 Å². The summed E-state index contributed by atoms with van der Waals surface area (Å²) in [6.45, 7) is 5.17. The van der Waals surface area contributed by atoms with E-state index in [0.29, 0.717) is 28.8 Å². The van der Waals surface area contributed by atoms with Gasteiger partial charge in [0.25, 0.3) is 5.91 Å². The fourth-order valence-corrected chi connectivity index (χ4v) is 6.02. The molecule has 2 unspecified atom stereocenters. The second-order valence-electron chi connectivity index (χ2n) is 9.59. The molecule has 4 heterocycles. The number of piperazine rings is 1. The SMILES string of the molecule is Cc1cc(Nc2nccc(-c3ccc(C(=O)NC4=NCCS4)cc3)n2)ccc1N1CC2CC1CN2C. The number of hydrogen-bond donors (Lipinski definition) is 2. The summed E-state index contributed by atoms with van der Waals surface area (Å²) < 4.78 is 0. The van der Waals surface area contributed by atoms with Gasteiger partial charge in [-0.1, -0.05) is 23.9 Å². The smallest absolute Gasteiger partial charge is 0.257 e. The van der Waals surface area contributed by atoms with Crippen molar-refractivity contribution in [3.8, 4) is 11.3 Å². The zero-order valence-electron chi connectivity index (χ0n) is 20.4. The molecular formula is C27H29N7OS. The first-order valence-electron chi connectivity index (χ1n) is 12.3. The van der Waals surface area contributed by atoms with Crippen LogP contribution in [0.25, 0.3) is 11.3 Å². The van der Waals surface area contributed by atoms with Crippen molar-refractivity contribution >= 4 is 40.2 Å². The van der Waals surface area contributed by atoms with Gasteiger partial charge in [0, 0.05) is 59.6 Å². The summed E-state index contributed by atoms with van der Waals surface area (Å²) in [4.78, 5) is 30.9. The van der Waals surface area contributed by atoms with Crippen LogP contribution in [0.4, 0.5) is 17.3 Å². The number of carbonyl (C=O) groups excluding carboxylic acids is 1. The second-order valence-corrected chi connectivity index (χ2v) is 10.7. The van der Waals surface area contributed by atoms with Crippen molar-refractivity contribution in [3.05, 3.63) is 65.9 Å². The first-order chi connectivity index (χ1) is 17.5. The number of anilines is 3. The van der Waals surface area contributed by atoms with Gasteiger partial charge in [-0.2, -0.15) is 0 Å². The van der Waals surface area contributed by atoms with Gasteiger partial charge in [0.05, 0.1) is 12.2 Å². The molecule has 9 heteroatoms. The van der Waals surface area contributed by atoms with E-state index in [1.807, 2.05) is 30.3 Å². The van der Waals surface area contributed by atoms with Gasteiger partial charge in [-0.25, -0.2) is 9.97 Å². The molecule has 2 aromatic carbocycles. The van der Waals surface area contributed by atoms with Crippen molar-refractivity contribution < 1.29 is 4.79 Å². The Morgan fingerprint density at radius 2 is 1.94 bits per heavy atom. The molecule has 2 fully saturated rings. The van der Waals surface area contributed by atoms with Crippen LogP contribution >= 0.6 is 11.8 Å². The van der Waals surface area contributed by atoms with Gasteiger partial charge in [0.15, 0.2) is 5.17 Å². The lowest BCUT2D eigenvalue weighted by molar-refractivity contribution is 0.0978. The summed E-state index contributed by atoms with van der Waals surface area (Å²) in [7, 11) is 2.23. The Morgan fingerprint density at radius 3 is 2.64 bits per heavy atom. The van der Waals surface area contributed by atoms with E-state index in [1.54, 1.807) is 18.0 Å². The van der Waals surface area contributed by atoms with Crippen molar-refractivity contribution in [1.82, 2.24) is 20.2 Å². The monoisotopic (exact) mass is 499 g/mol. The third-order valence-electron chi connectivity index (χ3n) is 7.18. The normalized spacial score (nSPS) is 21.1. The van der Waals surface area contributed by atoms with Gasteiger partial charge >= 0.3 is 0 Å². The van der Waals surface area contributed by atoms with Gasteiger partial charge in [0.1, 0.15) is 0 Å². The molecule has 2 saturated heterocycles. The second kappa shape index (κ2) is 9.55. The number of fused-ring (bicyclic) bond motifs is 2. The van der Waals surface area contributed by atoms with Crippen LogP contribution in [0.1, 0.15) is 22.3 Å². The standard InChI is InChI=1S/C27H29N7OS/c1-17-13-20(7-8-24(17)34-16-21-14-22(34)15-33(21)2)30-26-28-10-9-23(31-26)18-3-5-19(6-4-18)25(35)32-27-29-11-12-36-27/h3-10,13,21-22H,11-12,14-16H2,1-2H3,(H,28,30,31)(H,29,32,35). The van der Waals surface area contributed by atoms with Crippen LogP contribution < -0.4 is 15.5 Å². The minimum absolute atomic E-state index is 0.146. The number of likely N-dealkylation sites (tertiary alicyclic amines) is 1. The summed E-state index contributed by atoms with van der Waals surface area (Å²) in [6, 6.07) is 17.1. The molecule has 36 heavy (non-hydrogen) atoms. The molecule has 6 rings (SSSR count). The lowest BCUT2D eigenvalue weighted by Crippen LogP contribution is -2.44. The lowest BCUT2D eigenvalue weighted by atomic mass is 10.1. The molecule has 3 aliphatic rings. The quantitative estimate of drug-likeness (QED) is 0.550. The number of nitrogens with one attached hydrogen (secondary N) is 2. The van der Waals surface area contributed by atoms with Crippen molar-refractivity contribution in [2.45, 2.75) is 25.4 Å². The molecule has 0 saturated carbocycles. The van der Waals surface area contributed by atoms with Crippen LogP contribution in [0.5, 0.6) is 0 Å². The zero-order valence-corrected chi connectivity index (χ0v) is 21.3. The van der Waals surface area contributed by atoms with Crippen LogP contribution in [0.3, 0.4) is 0 Å². The van der Waals surface area contributed by atoms with Crippen molar-refractivity contribution in [2.75, 3.05) is 42.7 Å². The summed E-state index contributed by atoms with van der Waals surface area (Å²) in [5, 5.41) is 6.91. The topological polar surface area (TPSA) is 85.7 Å². The Labute approximate surface area is 215 Å². The minimum atomic E-state index is -0.146. The summed E-state index contributed by atoms with van der Waals surface area (Å²) in [5.41, 5.74) is 5.84. The fourth-order valence-electron chi connectivity index (χ4n) is 5.30. The summed E-state index contributed by atoms with van der Waals surface area (Å²) >= 11 is 1.57. The highest BCUT2D eigenvalue weighted by Gasteiger charge is 2.41.